The minimum atomic E-state index is -0.157. The third kappa shape index (κ3) is 3.29. The summed E-state index contributed by atoms with van der Waals surface area (Å²) >= 11 is -0.157. The van der Waals surface area contributed by atoms with Gasteiger partial charge in [0.2, 0.25) is 0 Å². The van der Waals surface area contributed by atoms with Gasteiger partial charge < -0.3 is 0 Å². The SMILES string of the molecule is [C-]#[N+]c1ccc(C(=O)[Se]C2CCCC(=O)C2)cc1. The predicted molar refractivity (Wildman–Crippen MR) is 70.0 cm³/mol. The molecule has 1 saturated carbocycles. The van der Waals surface area contributed by atoms with Gasteiger partial charge in [0.1, 0.15) is 0 Å². The number of benzene rings is 1. The number of rotatable bonds is 3. The van der Waals surface area contributed by atoms with Crippen molar-refractivity contribution in [3.63, 3.8) is 0 Å². The fourth-order valence-electron chi connectivity index (χ4n) is 1.98. The van der Waals surface area contributed by atoms with Gasteiger partial charge in [0.15, 0.2) is 0 Å². The third-order valence-electron chi connectivity index (χ3n) is 2.94. The van der Waals surface area contributed by atoms with E-state index in [-0.39, 0.29) is 24.5 Å². The second kappa shape index (κ2) is 5.95. The van der Waals surface area contributed by atoms with Crippen molar-refractivity contribution in [3.05, 3.63) is 41.2 Å². The summed E-state index contributed by atoms with van der Waals surface area (Å²) in [7, 11) is 0. The summed E-state index contributed by atoms with van der Waals surface area (Å²) in [5, 5.41) is 0. The molecule has 0 radical (unpaired) electrons. The van der Waals surface area contributed by atoms with E-state index in [1.165, 1.54) is 0 Å². The van der Waals surface area contributed by atoms with Crippen LogP contribution in [0.3, 0.4) is 0 Å². The Morgan fingerprint density at radius 2 is 2.06 bits per heavy atom. The van der Waals surface area contributed by atoms with E-state index in [0.717, 1.165) is 12.8 Å². The Bertz CT molecular complexity index is 502. The average molecular weight is 306 g/mol. The molecule has 1 aromatic carbocycles. The van der Waals surface area contributed by atoms with Crippen molar-refractivity contribution in [1.29, 1.82) is 0 Å². The van der Waals surface area contributed by atoms with Crippen molar-refractivity contribution < 1.29 is 9.59 Å². The van der Waals surface area contributed by atoms with Crippen LogP contribution in [-0.4, -0.2) is 25.4 Å². The van der Waals surface area contributed by atoms with Crippen molar-refractivity contribution in [2.45, 2.75) is 30.5 Å². The third-order valence-corrected chi connectivity index (χ3v) is 5.43. The van der Waals surface area contributed by atoms with Gasteiger partial charge in [-0.2, -0.15) is 0 Å². The molecular formula is C14H13NO2Se. The van der Waals surface area contributed by atoms with Crippen LogP contribution in [-0.2, 0) is 4.79 Å². The summed E-state index contributed by atoms with van der Waals surface area (Å²) in [5.74, 6) is 0.296. The van der Waals surface area contributed by atoms with E-state index in [2.05, 4.69) is 4.85 Å². The number of ketones is 1. The van der Waals surface area contributed by atoms with Gasteiger partial charge in [-0.25, -0.2) is 0 Å². The van der Waals surface area contributed by atoms with Crippen LogP contribution in [0, 0.1) is 6.57 Å². The van der Waals surface area contributed by atoms with Gasteiger partial charge in [0.25, 0.3) is 0 Å². The van der Waals surface area contributed by atoms with Crippen LogP contribution in [0.25, 0.3) is 4.85 Å². The molecule has 0 spiro atoms. The number of hydrogen-bond acceptors (Lipinski definition) is 2. The van der Waals surface area contributed by atoms with Gasteiger partial charge in [0, 0.05) is 0 Å². The van der Waals surface area contributed by atoms with Crippen LogP contribution in [0.2, 0.25) is 4.82 Å². The fraction of sp³-hybridized carbons (Fsp3) is 0.357. The standard InChI is InChI=1S/C14H13NO2Se/c1-15-11-7-5-10(6-8-11)14(17)18-13-4-2-3-12(16)9-13/h5-8,13H,2-4,9H2. The number of Topliss-reactive ketones (excluding diaryl/α,β-unsaturated/α-hetero) is 1. The molecule has 1 aliphatic carbocycles. The van der Waals surface area contributed by atoms with Gasteiger partial charge in [-0.05, 0) is 0 Å². The number of nitrogens with zero attached hydrogens (tertiary/aromatic N) is 1. The molecule has 0 amide bonds. The Morgan fingerprint density at radius 3 is 2.67 bits per heavy atom. The molecule has 1 unspecified atom stereocenters. The van der Waals surface area contributed by atoms with Gasteiger partial charge in [-0.1, -0.05) is 0 Å². The molecular weight excluding hydrogens is 293 g/mol. The van der Waals surface area contributed by atoms with Crippen LogP contribution < -0.4 is 0 Å². The van der Waals surface area contributed by atoms with Crippen LogP contribution in [0.5, 0.6) is 0 Å². The predicted octanol–water partition coefficient (Wildman–Crippen LogP) is 3.01. The van der Waals surface area contributed by atoms with E-state index in [9.17, 15) is 9.59 Å². The zero-order valence-corrected chi connectivity index (χ0v) is 11.6. The van der Waals surface area contributed by atoms with E-state index < -0.39 is 0 Å². The first-order valence-corrected chi connectivity index (χ1v) is 7.74. The second-order valence-corrected chi connectivity index (χ2v) is 6.99. The molecule has 18 heavy (non-hydrogen) atoms. The molecule has 2 rings (SSSR count). The van der Waals surface area contributed by atoms with E-state index in [1.54, 1.807) is 24.3 Å². The van der Waals surface area contributed by atoms with Gasteiger partial charge in [-0.15, -0.1) is 0 Å². The van der Waals surface area contributed by atoms with Crippen molar-refractivity contribution >= 4 is 31.1 Å². The number of carbonyl (C=O) groups excluding carboxylic acids is 2. The molecule has 1 atom stereocenters. The van der Waals surface area contributed by atoms with Gasteiger partial charge in [-0.3, -0.25) is 0 Å². The van der Waals surface area contributed by atoms with Crippen molar-refractivity contribution in [2.24, 2.45) is 0 Å². The number of hydrogen-bond donors (Lipinski definition) is 0. The maximum atomic E-state index is 12.1. The van der Waals surface area contributed by atoms with Crippen LogP contribution in [0.15, 0.2) is 24.3 Å². The summed E-state index contributed by atoms with van der Waals surface area (Å²) in [6, 6.07) is 6.76. The fourth-order valence-corrected chi connectivity index (χ4v) is 4.35. The maximum absolute atomic E-state index is 12.1. The molecule has 0 saturated heterocycles. The molecule has 92 valence electrons. The Hall–Kier alpha value is -1.43. The normalized spacial score (nSPS) is 19.3. The molecule has 1 aromatic rings. The Balaban J connectivity index is 1.98. The molecule has 0 aromatic heterocycles. The second-order valence-electron chi connectivity index (χ2n) is 4.32. The Morgan fingerprint density at radius 1 is 1.33 bits per heavy atom. The average Bonchev–Trinajstić information content (AvgIpc) is 2.39. The zero-order valence-electron chi connectivity index (χ0n) is 9.89. The summed E-state index contributed by atoms with van der Waals surface area (Å²) in [6.07, 6.45) is 3.18. The van der Waals surface area contributed by atoms with Gasteiger partial charge >= 0.3 is 112 Å². The zero-order chi connectivity index (χ0) is 13.0. The first-order chi connectivity index (χ1) is 8.69. The number of carbonyl (C=O) groups is 2. The Labute approximate surface area is 113 Å². The van der Waals surface area contributed by atoms with Crippen molar-refractivity contribution in [3.8, 4) is 0 Å². The molecule has 0 bridgehead atoms. The van der Waals surface area contributed by atoms with Crippen molar-refractivity contribution in [2.75, 3.05) is 0 Å². The molecule has 3 nitrogen and oxygen atoms in total. The van der Waals surface area contributed by atoms with Crippen LogP contribution >= 0.6 is 0 Å². The van der Waals surface area contributed by atoms with E-state index in [0.29, 0.717) is 29.9 Å². The van der Waals surface area contributed by atoms with Crippen LogP contribution in [0.1, 0.15) is 36.0 Å². The summed E-state index contributed by atoms with van der Waals surface area (Å²) in [5.41, 5.74) is 1.22. The van der Waals surface area contributed by atoms with Gasteiger partial charge in [0.05, 0.1) is 0 Å². The summed E-state index contributed by atoms with van der Waals surface area (Å²) < 4.78 is 0.138. The molecule has 1 aliphatic rings. The first kappa shape index (κ1) is 13.0. The molecule has 1 fully saturated rings. The van der Waals surface area contributed by atoms with E-state index in [1.807, 2.05) is 0 Å². The van der Waals surface area contributed by atoms with Crippen molar-refractivity contribution in [1.82, 2.24) is 0 Å². The molecule has 0 N–H and O–H groups in total. The first-order valence-electron chi connectivity index (χ1n) is 5.89. The summed E-state index contributed by atoms with van der Waals surface area (Å²) in [4.78, 5) is 27.0. The molecule has 4 heteroatoms. The van der Waals surface area contributed by atoms with E-state index >= 15 is 0 Å². The van der Waals surface area contributed by atoms with E-state index in [4.69, 9.17) is 6.57 Å². The summed E-state index contributed by atoms with van der Waals surface area (Å²) in [6.45, 7) is 6.86. The monoisotopic (exact) mass is 307 g/mol. The van der Waals surface area contributed by atoms with Crippen LogP contribution in [0.4, 0.5) is 5.69 Å². The molecule has 0 aliphatic heterocycles. The Kier molecular flexibility index (Phi) is 4.30. The topological polar surface area (TPSA) is 38.5 Å². The quantitative estimate of drug-likeness (QED) is 0.636. The molecule has 0 heterocycles. The minimum absolute atomic E-state index is 0.138.